The third-order valence-electron chi connectivity index (χ3n) is 2.25. The Kier molecular flexibility index (Phi) is 4.97. The predicted molar refractivity (Wildman–Crippen MR) is 71.4 cm³/mol. The predicted octanol–water partition coefficient (Wildman–Crippen LogP) is 0.403. The summed E-state index contributed by atoms with van der Waals surface area (Å²) in [6.45, 7) is 1.08. The molecular weight excluding hydrogens is 314 g/mol. The summed E-state index contributed by atoms with van der Waals surface area (Å²) in [6.07, 6.45) is 0.969. The van der Waals surface area contributed by atoms with Crippen molar-refractivity contribution in [1.82, 2.24) is 4.72 Å². The molecule has 0 spiro atoms. The van der Waals surface area contributed by atoms with Crippen LogP contribution in [0.3, 0.4) is 0 Å². The molecule has 108 valence electrons. The largest absolute Gasteiger partial charge is 0.395 e. The molecule has 6 nitrogen and oxygen atoms in total. The zero-order chi connectivity index (χ0) is 14.8. The smallest absolute Gasteiger partial charge is 0.242 e. The van der Waals surface area contributed by atoms with E-state index in [2.05, 4.69) is 4.72 Å². The van der Waals surface area contributed by atoms with Gasteiger partial charge >= 0.3 is 0 Å². The lowest BCUT2D eigenvalue weighted by molar-refractivity contribution is 0.265. The van der Waals surface area contributed by atoms with Crippen LogP contribution in [0.25, 0.3) is 0 Å². The molecule has 0 heterocycles. The molecule has 1 aromatic rings. The monoisotopic (exact) mass is 327 g/mol. The van der Waals surface area contributed by atoms with Crippen LogP contribution >= 0.6 is 11.6 Å². The topological polar surface area (TPSA) is 101 Å². The van der Waals surface area contributed by atoms with Crippen LogP contribution in [-0.2, 0) is 19.9 Å². The van der Waals surface area contributed by atoms with Crippen LogP contribution in [0.4, 0.5) is 0 Å². The van der Waals surface area contributed by atoms with Crippen molar-refractivity contribution in [1.29, 1.82) is 0 Å². The van der Waals surface area contributed by atoms with Gasteiger partial charge in [-0.1, -0.05) is 11.6 Å². The summed E-state index contributed by atoms with van der Waals surface area (Å²) in [7, 11) is -7.53. The number of hydrogen-bond acceptors (Lipinski definition) is 5. The van der Waals surface area contributed by atoms with Gasteiger partial charge in [-0.25, -0.2) is 21.6 Å². The molecule has 0 radical (unpaired) electrons. The molecule has 0 saturated heterocycles. The standard InChI is InChI=1S/C10H14ClNO5S2/c1-7(6-13)12-19(16,17)10-5-8(18(2,14)15)3-4-9(10)11/h3-5,7,12-13H,6H2,1-2H3/t7-/m1/s1. The summed E-state index contributed by atoms with van der Waals surface area (Å²) in [5.41, 5.74) is 0. The highest BCUT2D eigenvalue weighted by atomic mass is 35.5. The SMILES string of the molecule is C[C@H](CO)NS(=O)(=O)c1cc(S(C)(=O)=O)ccc1Cl. The van der Waals surface area contributed by atoms with Crippen LogP contribution in [0.5, 0.6) is 0 Å². The minimum absolute atomic E-state index is 0.0926. The quantitative estimate of drug-likeness (QED) is 0.815. The second kappa shape index (κ2) is 5.76. The number of sulfonamides is 1. The maximum Gasteiger partial charge on any atom is 0.242 e. The first-order chi connectivity index (χ1) is 8.58. The molecule has 1 rings (SSSR count). The van der Waals surface area contributed by atoms with Gasteiger partial charge in [-0.2, -0.15) is 0 Å². The fraction of sp³-hybridized carbons (Fsp3) is 0.400. The van der Waals surface area contributed by atoms with Gasteiger partial charge in [-0.05, 0) is 25.1 Å². The van der Waals surface area contributed by atoms with Gasteiger partial charge < -0.3 is 5.11 Å². The molecule has 0 aliphatic heterocycles. The third-order valence-corrected chi connectivity index (χ3v) is 5.43. The third kappa shape index (κ3) is 4.15. The van der Waals surface area contributed by atoms with E-state index >= 15 is 0 Å². The van der Waals surface area contributed by atoms with E-state index in [-0.39, 0.29) is 21.4 Å². The van der Waals surface area contributed by atoms with Crippen molar-refractivity contribution in [2.45, 2.75) is 22.8 Å². The fourth-order valence-corrected chi connectivity index (χ4v) is 3.77. The molecule has 9 heteroatoms. The Bertz CT molecular complexity index is 669. The van der Waals surface area contributed by atoms with Crippen molar-refractivity contribution in [3.63, 3.8) is 0 Å². The molecule has 0 aliphatic carbocycles. The maximum absolute atomic E-state index is 12.0. The normalized spacial score (nSPS) is 14.3. The van der Waals surface area contributed by atoms with E-state index in [0.717, 1.165) is 12.3 Å². The summed E-state index contributed by atoms with van der Waals surface area (Å²) in [5, 5.41) is 8.75. The van der Waals surface area contributed by atoms with E-state index in [1.54, 1.807) is 0 Å². The zero-order valence-corrected chi connectivity index (χ0v) is 12.7. The fourth-order valence-electron chi connectivity index (χ4n) is 1.29. The second-order valence-corrected chi connectivity index (χ2v) is 8.17. The van der Waals surface area contributed by atoms with Crippen molar-refractivity contribution in [2.75, 3.05) is 12.9 Å². The second-order valence-electron chi connectivity index (χ2n) is 4.07. The highest BCUT2D eigenvalue weighted by Crippen LogP contribution is 2.24. The molecule has 1 atom stereocenters. The Morgan fingerprint density at radius 1 is 1.32 bits per heavy atom. The summed E-state index contributed by atoms with van der Waals surface area (Å²) in [6, 6.07) is 2.72. The molecular formula is C10H14ClNO5S2. The Morgan fingerprint density at radius 3 is 2.37 bits per heavy atom. The molecule has 0 unspecified atom stereocenters. The first-order valence-corrected chi connectivity index (χ1v) is 8.96. The highest BCUT2D eigenvalue weighted by Gasteiger charge is 2.22. The number of nitrogens with one attached hydrogen (secondary N) is 1. The minimum Gasteiger partial charge on any atom is -0.395 e. The molecule has 2 N–H and O–H groups in total. The first-order valence-electron chi connectivity index (χ1n) is 5.20. The van der Waals surface area contributed by atoms with E-state index in [9.17, 15) is 16.8 Å². The number of rotatable bonds is 5. The molecule has 0 amide bonds. The molecule has 0 aliphatic rings. The minimum atomic E-state index is -3.99. The van der Waals surface area contributed by atoms with Gasteiger partial charge in [0.15, 0.2) is 9.84 Å². The Labute approximate surface area is 117 Å². The lowest BCUT2D eigenvalue weighted by atomic mass is 10.4. The number of sulfone groups is 1. The molecule has 19 heavy (non-hydrogen) atoms. The Hall–Kier alpha value is -0.670. The zero-order valence-electron chi connectivity index (χ0n) is 10.3. The van der Waals surface area contributed by atoms with Crippen molar-refractivity contribution >= 4 is 31.5 Å². The number of halogens is 1. The first kappa shape index (κ1) is 16.4. The average molecular weight is 328 g/mol. The molecule has 0 saturated carbocycles. The van der Waals surface area contributed by atoms with E-state index in [4.69, 9.17) is 16.7 Å². The van der Waals surface area contributed by atoms with E-state index < -0.39 is 25.9 Å². The number of hydrogen-bond donors (Lipinski definition) is 2. The van der Waals surface area contributed by atoms with E-state index in [1.165, 1.54) is 19.1 Å². The van der Waals surface area contributed by atoms with Gasteiger partial charge in [-0.15, -0.1) is 0 Å². The number of aliphatic hydroxyl groups excluding tert-OH is 1. The summed E-state index contributed by atoms with van der Waals surface area (Å²) < 4.78 is 49.0. The Morgan fingerprint density at radius 2 is 1.89 bits per heavy atom. The van der Waals surface area contributed by atoms with Gasteiger partial charge in [0.05, 0.1) is 16.5 Å². The summed E-state index contributed by atoms with van der Waals surface area (Å²) in [4.78, 5) is -0.480. The van der Waals surface area contributed by atoms with Crippen molar-refractivity contribution in [3.8, 4) is 0 Å². The van der Waals surface area contributed by atoms with Crippen LogP contribution in [0.2, 0.25) is 5.02 Å². The molecule has 0 bridgehead atoms. The van der Waals surface area contributed by atoms with Crippen LogP contribution in [0, 0.1) is 0 Å². The van der Waals surface area contributed by atoms with Crippen LogP contribution in [0.1, 0.15) is 6.92 Å². The van der Waals surface area contributed by atoms with Crippen molar-refractivity contribution in [3.05, 3.63) is 23.2 Å². The van der Waals surface area contributed by atoms with E-state index in [1.807, 2.05) is 0 Å². The molecule has 0 aromatic heterocycles. The van der Waals surface area contributed by atoms with Crippen molar-refractivity contribution < 1.29 is 21.9 Å². The van der Waals surface area contributed by atoms with E-state index in [0.29, 0.717) is 0 Å². The summed E-state index contributed by atoms with van der Waals surface area (Å²) >= 11 is 5.78. The number of aliphatic hydroxyl groups is 1. The van der Waals surface area contributed by atoms with Gasteiger partial charge in [0, 0.05) is 12.3 Å². The molecule has 1 aromatic carbocycles. The van der Waals surface area contributed by atoms with Gasteiger partial charge in [-0.3, -0.25) is 0 Å². The summed E-state index contributed by atoms with van der Waals surface area (Å²) in [5.74, 6) is 0. The van der Waals surface area contributed by atoms with Gasteiger partial charge in [0.2, 0.25) is 10.0 Å². The van der Waals surface area contributed by atoms with Crippen LogP contribution in [0.15, 0.2) is 28.0 Å². The lowest BCUT2D eigenvalue weighted by Gasteiger charge is -2.13. The maximum atomic E-state index is 12.0. The Balaban J connectivity index is 3.34. The number of benzene rings is 1. The van der Waals surface area contributed by atoms with Crippen LogP contribution < -0.4 is 4.72 Å². The lowest BCUT2D eigenvalue weighted by Crippen LogP contribution is -2.35. The van der Waals surface area contributed by atoms with Gasteiger partial charge in [0.1, 0.15) is 4.90 Å². The molecule has 0 fully saturated rings. The average Bonchev–Trinajstić information content (AvgIpc) is 2.26. The highest BCUT2D eigenvalue weighted by molar-refractivity contribution is 7.91. The van der Waals surface area contributed by atoms with Gasteiger partial charge in [0.25, 0.3) is 0 Å². The van der Waals surface area contributed by atoms with Crippen LogP contribution in [-0.4, -0.2) is 40.8 Å². The van der Waals surface area contributed by atoms with Crippen molar-refractivity contribution in [2.24, 2.45) is 0 Å².